The summed E-state index contributed by atoms with van der Waals surface area (Å²) in [7, 11) is 0. The van der Waals surface area contributed by atoms with Crippen molar-refractivity contribution in [1.82, 2.24) is 0 Å². The highest BCUT2D eigenvalue weighted by Gasteiger charge is 2.05. The summed E-state index contributed by atoms with van der Waals surface area (Å²) in [6, 6.07) is 5.73. The number of aryl methyl sites for hydroxylation is 1. The van der Waals surface area contributed by atoms with Gasteiger partial charge in [-0.2, -0.15) is 0 Å². The lowest BCUT2D eigenvalue weighted by atomic mass is 10.1. The van der Waals surface area contributed by atoms with Crippen LogP contribution in [0, 0.1) is 6.92 Å². The van der Waals surface area contributed by atoms with Gasteiger partial charge in [0.25, 0.3) is 0 Å². The molecule has 0 heterocycles. The average molecular weight is 294 g/mol. The van der Waals surface area contributed by atoms with Gasteiger partial charge in [-0.25, -0.2) is 0 Å². The number of aliphatic hydroxyl groups excluding tert-OH is 1. The van der Waals surface area contributed by atoms with Crippen LogP contribution in [0.3, 0.4) is 0 Å². The van der Waals surface area contributed by atoms with Crippen molar-refractivity contribution < 1.29 is 19.4 Å². The summed E-state index contributed by atoms with van der Waals surface area (Å²) in [5, 5.41) is 9.52. The Kier molecular flexibility index (Phi) is 7.83. The summed E-state index contributed by atoms with van der Waals surface area (Å²) in [5.41, 5.74) is 1.93. The van der Waals surface area contributed by atoms with Crippen molar-refractivity contribution in [2.45, 2.75) is 52.6 Å². The molecule has 1 N–H and O–H groups in total. The SMILES string of the molecule is CCOC(=O)CCCCCOc1ccc(C(C)O)cc1C. The van der Waals surface area contributed by atoms with E-state index in [1.54, 1.807) is 6.92 Å². The normalized spacial score (nSPS) is 12.0. The van der Waals surface area contributed by atoms with E-state index in [9.17, 15) is 9.90 Å². The molecule has 21 heavy (non-hydrogen) atoms. The molecule has 1 aromatic carbocycles. The Morgan fingerprint density at radius 3 is 2.67 bits per heavy atom. The third-order valence-electron chi connectivity index (χ3n) is 3.27. The van der Waals surface area contributed by atoms with Gasteiger partial charge < -0.3 is 14.6 Å². The number of benzene rings is 1. The van der Waals surface area contributed by atoms with Gasteiger partial charge in [0.1, 0.15) is 5.75 Å². The van der Waals surface area contributed by atoms with E-state index in [4.69, 9.17) is 9.47 Å². The first kappa shape index (κ1) is 17.5. The highest BCUT2D eigenvalue weighted by molar-refractivity contribution is 5.69. The Morgan fingerprint density at radius 2 is 2.05 bits per heavy atom. The monoisotopic (exact) mass is 294 g/mol. The molecule has 4 heteroatoms. The topological polar surface area (TPSA) is 55.8 Å². The third-order valence-corrected chi connectivity index (χ3v) is 3.27. The lowest BCUT2D eigenvalue weighted by molar-refractivity contribution is -0.143. The molecule has 0 aromatic heterocycles. The molecule has 1 atom stereocenters. The lowest BCUT2D eigenvalue weighted by Gasteiger charge is -2.12. The predicted molar refractivity (Wildman–Crippen MR) is 82.4 cm³/mol. The molecule has 0 spiro atoms. The number of esters is 1. The summed E-state index contributed by atoms with van der Waals surface area (Å²) in [5.74, 6) is 0.729. The van der Waals surface area contributed by atoms with Crippen LogP contribution in [0.15, 0.2) is 18.2 Å². The maximum Gasteiger partial charge on any atom is 0.305 e. The molecule has 1 rings (SSSR count). The van der Waals surface area contributed by atoms with Gasteiger partial charge in [-0.1, -0.05) is 6.07 Å². The number of hydrogen-bond acceptors (Lipinski definition) is 4. The number of carbonyl (C=O) groups excluding carboxylic acids is 1. The van der Waals surface area contributed by atoms with E-state index in [1.165, 1.54) is 0 Å². The van der Waals surface area contributed by atoms with Crippen molar-refractivity contribution in [1.29, 1.82) is 0 Å². The Morgan fingerprint density at radius 1 is 1.29 bits per heavy atom. The van der Waals surface area contributed by atoms with Gasteiger partial charge >= 0.3 is 5.97 Å². The van der Waals surface area contributed by atoms with E-state index in [2.05, 4.69) is 0 Å². The smallest absolute Gasteiger partial charge is 0.305 e. The lowest BCUT2D eigenvalue weighted by Crippen LogP contribution is -2.04. The van der Waals surface area contributed by atoms with Crippen LogP contribution in [0.4, 0.5) is 0 Å². The molecule has 0 amide bonds. The van der Waals surface area contributed by atoms with E-state index in [-0.39, 0.29) is 5.97 Å². The van der Waals surface area contributed by atoms with E-state index in [0.29, 0.717) is 19.6 Å². The second-order valence-corrected chi connectivity index (χ2v) is 5.17. The van der Waals surface area contributed by atoms with Gasteiger partial charge in [0.2, 0.25) is 0 Å². The number of rotatable bonds is 9. The zero-order valence-corrected chi connectivity index (χ0v) is 13.2. The van der Waals surface area contributed by atoms with Crippen LogP contribution in [0.5, 0.6) is 5.75 Å². The van der Waals surface area contributed by atoms with Crippen LogP contribution in [0.2, 0.25) is 0 Å². The zero-order valence-electron chi connectivity index (χ0n) is 13.2. The molecule has 0 aliphatic rings. The molecular weight excluding hydrogens is 268 g/mol. The van der Waals surface area contributed by atoms with Gasteiger partial charge in [0.15, 0.2) is 0 Å². The van der Waals surface area contributed by atoms with E-state index in [1.807, 2.05) is 32.0 Å². The number of aliphatic hydroxyl groups is 1. The Labute approximate surface area is 127 Å². The first-order valence-electron chi connectivity index (χ1n) is 7.61. The van der Waals surface area contributed by atoms with Gasteiger partial charge in [-0.05, 0) is 63.3 Å². The summed E-state index contributed by atoms with van der Waals surface area (Å²) in [6.45, 7) is 6.62. The summed E-state index contributed by atoms with van der Waals surface area (Å²) in [4.78, 5) is 11.2. The van der Waals surface area contributed by atoms with Crippen LogP contribution >= 0.6 is 0 Å². The van der Waals surface area contributed by atoms with Crippen molar-refractivity contribution >= 4 is 5.97 Å². The van der Waals surface area contributed by atoms with E-state index in [0.717, 1.165) is 36.1 Å². The quantitative estimate of drug-likeness (QED) is 0.559. The Bertz CT molecular complexity index is 440. The molecule has 4 nitrogen and oxygen atoms in total. The second kappa shape index (κ2) is 9.40. The maximum absolute atomic E-state index is 11.2. The van der Waals surface area contributed by atoms with Crippen molar-refractivity contribution in [2.75, 3.05) is 13.2 Å². The molecule has 0 saturated heterocycles. The van der Waals surface area contributed by atoms with Gasteiger partial charge in [-0.3, -0.25) is 4.79 Å². The minimum atomic E-state index is -0.458. The Balaban J connectivity index is 2.22. The first-order valence-corrected chi connectivity index (χ1v) is 7.61. The van der Waals surface area contributed by atoms with Crippen molar-refractivity contribution in [3.8, 4) is 5.75 Å². The van der Waals surface area contributed by atoms with Crippen molar-refractivity contribution in [2.24, 2.45) is 0 Å². The fourth-order valence-corrected chi connectivity index (χ4v) is 2.06. The number of hydrogen-bond donors (Lipinski definition) is 1. The fraction of sp³-hybridized carbons (Fsp3) is 0.588. The summed E-state index contributed by atoms with van der Waals surface area (Å²) < 4.78 is 10.6. The molecule has 0 fully saturated rings. The minimum absolute atomic E-state index is 0.122. The average Bonchev–Trinajstić information content (AvgIpc) is 2.44. The van der Waals surface area contributed by atoms with Crippen LogP contribution in [0.1, 0.15) is 56.8 Å². The molecule has 0 saturated carbocycles. The molecule has 0 radical (unpaired) electrons. The number of ether oxygens (including phenoxy) is 2. The highest BCUT2D eigenvalue weighted by atomic mass is 16.5. The van der Waals surface area contributed by atoms with Crippen LogP contribution in [-0.2, 0) is 9.53 Å². The molecule has 0 bridgehead atoms. The molecule has 1 aromatic rings. The number of unbranched alkanes of at least 4 members (excludes halogenated alkanes) is 2. The van der Waals surface area contributed by atoms with Gasteiger partial charge in [0.05, 0.1) is 19.3 Å². The first-order chi connectivity index (χ1) is 10.0. The van der Waals surface area contributed by atoms with Gasteiger partial charge in [0, 0.05) is 6.42 Å². The zero-order chi connectivity index (χ0) is 15.7. The standard InChI is InChI=1S/C17H26O4/c1-4-20-17(19)8-6-5-7-11-21-16-10-9-15(14(3)18)12-13(16)2/h9-10,12,14,18H,4-8,11H2,1-3H3. The molecule has 1 unspecified atom stereocenters. The molecular formula is C17H26O4. The van der Waals surface area contributed by atoms with Gasteiger partial charge in [-0.15, -0.1) is 0 Å². The summed E-state index contributed by atoms with van der Waals surface area (Å²) in [6.07, 6.45) is 2.72. The fourth-order valence-electron chi connectivity index (χ4n) is 2.06. The van der Waals surface area contributed by atoms with Crippen LogP contribution < -0.4 is 4.74 Å². The van der Waals surface area contributed by atoms with Crippen molar-refractivity contribution in [3.63, 3.8) is 0 Å². The number of carbonyl (C=O) groups is 1. The second-order valence-electron chi connectivity index (χ2n) is 5.17. The highest BCUT2D eigenvalue weighted by Crippen LogP contribution is 2.22. The van der Waals surface area contributed by atoms with E-state index < -0.39 is 6.10 Å². The molecule has 0 aliphatic heterocycles. The minimum Gasteiger partial charge on any atom is -0.493 e. The third kappa shape index (κ3) is 6.63. The maximum atomic E-state index is 11.2. The van der Waals surface area contributed by atoms with Crippen molar-refractivity contribution in [3.05, 3.63) is 29.3 Å². The van der Waals surface area contributed by atoms with E-state index >= 15 is 0 Å². The molecule has 118 valence electrons. The largest absolute Gasteiger partial charge is 0.493 e. The Hall–Kier alpha value is -1.55. The van der Waals surface area contributed by atoms with Crippen LogP contribution in [-0.4, -0.2) is 24.3 Å². The van der Waals surface area contributed by atoms with Crippen LogP contribution in [0.25, 0.3) is 0 Å². The molecule has 0 aliphatic carbocycles. The summed E-state index contributed by atoms with van der Waals surface area (Å²) >= 11 is 0. The predicted octanol–water partition coefficient (Wildman–Crippen LogP) is 3.55.